The van der Waals surface area contributed by atoms with Crippen molar-refractivity contribution in [3.8, 4) is 0 Å². The first-order valence-electron chi connectivity index (χ1n) is 8.74. The van der Waals surface area contributed by atoms with Gasteiger partial charge in [0.25, 0.3) is 11.8 Å². The van der Waals surface area contributed by atoms with Crippen LogP contribution in [0.2, 0.25) is 0 Å². The molecule has 0 atom stereocenters. The minimum Gasteiger partial charge on any atom is -0.348 e. The number of para-hydroxylation sites is 1. The van der Waals surface area contributed by atoms with E-state index in [9.17, 15) is 9.59 Å². The van der Waals surface area contributed by atoms with Crippen molar-refractivity contribution in [1.82, 2.24) is 14.9 Å². The Hall–Kier alpha value is -2.63. The summed E-state index contributed by atoms with van der Waals surface area (Å²) in [6, 6.07) is 7.64. The maximum atomic E-state index is 12.8. The highest BCUT2D eigenvalue weighted by atomic mass is 16.2. The summed E-state index contributed by atoms with van der Waals surface area (Å²) in [5.41, 5.74) is 2.98. The highest BCUT2D eigenvalue weighted by molar-refractivity contribution is 6.04. The molecule has 0 bridgehead atoms. The predicted octanol–water partition coefficient (Wildman–Crippen LogP) is 2.92. The van der Waals surface area contributed by atoms with E-state index in [1.54, 1.807) is 0 Å². The fraction of sp³-hybridized carbons (Fsp3) is 0.421. The Morgan fingerprint density at radius 3 is 2.64 bits per heavy atom. The van der Waals surface area contributed by atoms with Crippen LogP contribution in [0.25, 0.3) is 0 Å². The topological polar surface area (TPSA) is 76.0 Å². The van der Waals surface area contributed by atoms with E-state index in [1.165, 1.54) is 0 Å². The number of fused-ring (bicyclic) bond motifs is 1. The summed E-state index contributed by atoms with van der Waals surface area (Å²) < 4.78 is 1.90. The number of hydrogen-bond acceptors (Lipinski definition) is 3. The molecule has 0 aliphatic carbocycles. The van der Waals surface area contributed by atoms with Crippen LogP contribution in [0, 0.1) is 6.92 Å². The molecule has 3 rings (SSSR count). The van der Waals surface area contributed by atoms with Crippen LogP contribution in [-0.2, 0) is 13.0 Å². The lowest BCUT2D eigenvalue weighted by Gasteiger charge is -2.17. The van der Waals surface area contributed by atoms with Crippen molar-refractivity contribution in [3.63, 3.8) is 0 Å². The van der Waals surface area contributed by atoms with Gasteiger partial charge in [-0.25, -0.2) is 4.98 Å². The number of benzene rings is 1. The Labute approximate surface area is 147 Å². The molecule has 0 spiro atoms. The van der Waals surface area contributed by atoms with Crippen LogP contribution < -0.4 is 10.6 Å². The zero-order valence-corrected chi connectivity index (χ0v) is 14.9. The Kier molecular flexibility index (Phi) is 4.88. The van der Waals surface area contributed by atoms with Gasteiger partial charge in [-0.2, -0.15) is 0 Å². The summed E-state index contributed by atoms with van der Waals surface area (Å²) in [4.78, 5) is 29.6. The minimum atomic E-state index is -0.277. The van der Waals surface area contributed by atoms with Gasteiger partial charge in [0.2, 0.25) is 0 Å². The van der Waals surface area contributed by atoms with E-state index in [0.29, 0.717) is 18.1 Å². The molecule has 1 aromatic carbocycles. The van der Waals surface area contributed by atoms with Gasteiger partial charge < -0.3 is 15.2 Å². The van der Waals surface area contributed by atoms with Gasteiger partial charge in [-0.3, -0.25) is 9.59 Å². The van der Waals surface area contributed by atoms with Crippen molar-refractivity contribution in [2.24, 2.45) is 0 Å². The van der Waals surface area contributed by atoms with E-state index in [4.69, 9.17) is 0 Å². The van der Waals surface area contributed by atoms with Crippen LogP contribution in [-0.4, -0.2) is 27.4 Å². The van der Waals surface area contributed by atoms with Crippen molar-refractivity contribution in [1.29, 1.82) is 0 Å². The summed E-state index contributed by atoms with van der Waals surface area (Å²) in [6.07, 6.45) is 2.76. The summed E-state index contributed by atoms with van der Waals surface area (Å²) in [6.45, 7) is 6.48. The van der Waals surface area contributed by atoms with Crippen molar-refractivity contribution < 1.29 is 9.59 Å². The number of rotatable bonds is 4. The van der Waals surface area contributed by atoms with Crippen molar-refractivity contribution in [2.75, 3.05) is 5.32 Å². The molecule has 0 radical (unpaired) electrons. The highest BCUT2D eigenvalue weighted by Crippen LogP contribution is 2.22. The molecular formula is C19H24N4O2. The first-order valence-corrected chi connectivity index (χ1v) is 8.74. The molecule has 2 amide bonds. The zero-order chi connectivity index (χ0) is 18.0. The molecule has 2 aromatic rings. The van der Waals surface area contributed by atoms with Crippen molar-refractivity contribution in [3.05, 3.63) is 47.0 Å². The average molecular weight is 340 g/mol. The van der Waals surface area contributed by atoms with E-state index < -0.39 is 0 Å². The summed E-state index contributed by atoms with van der Waals surface area (Å²) in [5.74, 6) is -0.177. The molecule has 6 heteroatoms. The molecule has 0 fully saturated rings. The normalized spacial score (nSPS) is 13.4. The number of nitrogens with zero attached hydrogens (tertiary/aromatic N) is 2. The summed E-state index contributed by atoms with van der Waals surface area (Å²) >= 11 is 0. The SMILES string of the molecule is Cc1ccccc1NC(=O)c1nc(C(=O)NC(C)C)c2n1CCCC2. The third-order valence-electron chi connectivity index (χ3n) is 4.35. The molecule has 132 valence electrons. The zero-order valence-electron chi connectivity index (χ0n) is 14.9. The molecule has 0 unspecified atom stereocenters. The smallest absolute Gasteiger partial charge is 0.291 e. The first-order chi connectivity index (χ1) is 12.0. The number of nitrogens with one attached hydrogen (secondary N) is 2. The molecule has 0 saturated carbocycles. The maximum absolute atomic E-state index is 12.8. The van der Waals surface area contributed by atoms with Gasteiger partial charge in [0.05, 0.1) is 5.69 Å². The third-order valence-corrected chi connectivity index (χ3v) is 4.35. The Bertz CT molecular complexity index is 808. The van der Waals surface area contributed by atoms with E-state index in [-0.39, 0.29) is 17.9 Å². The standard InChI is InChI=1S/C19H24N4O2/c1-12(2)20-18(24)16-15-10-6-7-11-23(15)17(22-16)19(25)21-14-9-5-4-8-13(14)3/h4-5,8-9,12H,6-7,10-11H2,1-3H3,(H,20,24)(H,21,25). The van der Waals surface area contributed by atoms with Gasteiger partial charge in [0.15, 0.2) is 5.82 Å². The molecule has 2 N–H and O–H groups in total. The Morgan fingerprint density at radius 1 is 1.16 bits per heavy atom. The second-order valence-corrected chi connectivity index (χ2v) is 6.74. The first kappa shape index (κ1) is 17.2. The highest BCUT2D eigenvalue weighted by Gasteiger charge is 2.27. The molecule has 0 saturated heterocycles. The lowest BCUT2D eigenvalue weighted by molar-refractivity contribution is 0.0937. The molecule has 25 heavy (non-hydrogen) atoms. The molecular weight excluding hydrogens is 316 g/mol. The van der Waals surface area contributed by atoms with E-state index in [2.05, 4.69) is 15.6 Å². The molecule has 1 aliphatic heterocycles. The fourth-order valence-corrected chi connectivity index (χ4v) is 3.12. The number of hydrogen-bond donors (Lipinski definition) is 2. The van der Waals surface area contributed by atoms with Gasteiger partial charge in [-0.05, 0) is 51.7 Å². The summed E-state index contributed by atoms with van der Waals surface area (Å²) in [7, 11) is 0. The van der Waals surface area contributed by atoms with Gasteiger partial charge in [0, 0.05) is 18.3 Å². The average Bonchev–Trinajstić information content (AvgIpc) is 2.96. The number of aromatic nitrogens is 2. The lowest BCUT2D eigenvalue weighted by atomic mass is 10.1. The quantitative estimate of drug-likeness (QED) is 0.898. The van der Waals surface area contributed by atoms with E-state index in [1.807, 2.05) is 49.6 Å². The monoisotopic (exact) mass is 340 g/mol. The molecule has 1 aromatic heterocycles. The second-order valence-electron chi connectivity index (χ2n) is 6.74. The third kappa shape index (κ3) is 3.57. The number of imidazole rings is 1. The number of anilines is 1. The van der Waals surface area contributed by atoms with Gasteiger partial charge in [-0.15, -0.1) is 0 Å². The molecule has 2 heterocycles. The van der Waals surface area contributed by atoms with Gasteiger partial charge in [-0.1, -0.05) is 18.2 Å². The van der Waals surface area contributed by atoms with Crippen LogP contribution in [0.4, 0.5) is 5.69 Å². The Balaban J connectivity index is 1.93. The molecule has 6 nitrogen and oxygen atoms in total. The number of amides is 2. The second kappa shape index (κ2) is 7.09. The Morgan fingerprint density at radius 2 is 1.92 bits per heavy atom. The summed E-state index contributed by atoms with van der Waals surface area (Å²) in [5, 5.41) is 5.79. The van der Waals surface area contributed by atoms with Crippen molar-refractivity contribution >= 4 is 17.5 Å². The molecule has 1 aliphatic rings. The van der Waals surface area contributed by atoms with Crippen LogP contribution >= 0.6 is 0 Å². The maximum Gasteiger partial charge on any atom is 0.291 e. The minimum absolute atomic E-state index is 0.0256. The number of carbonyl (C=O) groups excluding carboxylic acids is 2. The largest absolute Gasteiger partial charge is 0.348 e. The fourth-order valence-electron chi connectivity index (χ4n) is 3.12. The predicted molar refractivity (Wildman–Crippen MR) is 96.9 cm³/mol. The van der Waals surface area contributed by atoms with Crippen LogP contribution in [0.1, 0.15) is 59.1 Å². The van der Waals surface area contributed by atoms with Crippen LogP contribution in [0.3, 0.4) is 0 Å². The number of aryl methyl sites for hydroxylation is 1. The van der Waals surface area contributed by atoms with E-state index >= 15 is 0 Å². The lowest BCUT2D eigenvalue weighted by Crippen LogP contribution is -2.31. The van der Waals surface area contributed by atoms with Gasteiger partial charge >= 0.3 is 0 Å². The van der Waals surface area contributed by atoms with E-state index in [0.717, 1.165) is 36.2 Å². The van der Waals surface area contributed by atoms with Crippen molar-refractivity contribution in [2.45, 2.75) is 52.6 Å². The van der Waals surface area contributed by atoms with Crippen LogP contribution in [0.15, 0.2) is 24.3 Å². The van der Waals surface area contributed by atoms with Crippen LogP contribution in [0.5, 0.6) is 0 Å². The van der Waals surface area contributed by atoms with Gasteiger partial charge in [0.1, 0.15) is 5.69 Å². The number of carbonyl (C=O) groups is 2.